The van der Waals surface area contributed by atoms with Gasteiger partial charge in [0.1, 0.15) is 0 Å². The molecule has 0 rings (SSSR count). The summed E-state index contributed by atoms with van der Waals surface area (Å²) in [4.78, 5) is 10.5. The Hall–Kier alpha value is -0.220. The van der Waals surface area contributed by atoms with Crippen LogP contribution in [0.25, 0.3) is 0 Å². The van der Waals surface area contributed by atoms with Gasteiger partial charge in [-0.25, -0.2) is 0 Å². The lowest BCUT2D eigenvalue weighted by molar-refractivity contribution is -0.120. The number of hydrogen-bond donors (Lipinski definition) is 3. The minimum atomic E-state index is -0.361. The molecule has 1 amide bonds. The van der Waals surface area contributed by atoms with E-state index in [0.29, 0.717) is 0 Å². The first-order chi connectivity index (χ1) is 4.09. The Morgan fingerprint density at radius 1 is 1.67 bits per heavy atom. The molecule has 1 unspecified atom stereocenters. The van der Waals surface area contributed by atoms with Crippen LogP contribution in [0.1, 0.15) is 13.8 Å². The van der Waals surface area contributed by atoms with Gasteiger partial charge in [-0.15, -0.1) is 0 Å². The molecule has 54 valence electrons. The Morgan fingerprint density at radius 2 is 2.11 bits per heavy atom. The fourth-order valence-corrected chi connectivity index (χ4v) is 0.967. The van der Waals surface area contributed by atoms with E-state index in [0.717, 1.165) is 0 Å². The lowest BCUT2D eigenvalue weighted by Gasteiger charge is -2.14. The van der Waals surface area contributed by atoms with Crippen molar-refractivity contribution in [2.75, 3.05) is 0 Å². The van der Waals surface area contributed by atoms with Gasteiger partial charge >= 0.3 is 0 Å². The van der Waals surface area contributed by atoms with Crippen LogP contribution in [0.15, 0.2) is 0 Å². The maximum Gasteiger partial charge on any atom is 0.235 e. The quantitative estimate of drug-likeness (QED) is 0.491. The molecule has 4 heteroatoms. The van der Waals surface area contributed by atoms with Crippen molar-refractivity contribution in [2.24, 2.45) is 11.7 Å². The Morgan fingerprint density at radius 3 is 2.11 bits per heavy atom. The minimum Gasteiger partial charge on any atom is -0.368 e. The van der Waals surface area contributed by atoms with E-state index in [1.54, 1.807) is 0 Å². The zero-order valence-corrected chi connectivity index (χ0v) is 6.48. The molecule has 0 aromatic heterocycles. The molecule has 0 heterocycles. The topological polar surface area (TPSA) is 55.1 Å². The molecule has 0 saturated carbocycles. The molecule has 0 saturated heterocycles. The first-order valence-corrected chi connectivity index (χ1v) is 3.23. The molecule has 0 aromatic carbocycles. The van der Waals surface area contributed by atoms with Crippen LogP contribution in [0.2, 0.25) is 0 Å². The third-order valence-electron chi connectivity index (χ3n) is 1.11. The van der Waals surface area contributed by atoms with Gasteiger partial charge < -0.3 is 5.73 Å². The first kappa shape index (κ1) is 8.78. The van der Waals surface area contributed by atoms with Crippen LogP contribution in [-0.2, 0) is 4.79 Å². The van der Waals surface area contributed by atoms with Crippen molar-refractivity contribution in [2.45, 2.75) is 19.9 Å². The van der Waals surface area contributed by atoms with Crippen LogP contribution >= 0.6 is 12.8 Å². The number of rotatable bonds is 3. The predicted molar refractivity (Wildman–Crippen MR) is 39.9 cm³/mol. The molecule has 3 nitrogen and oxygen atoms in total. The van der Waals surface area contributed by atoms with Crippen molar-refractivity contribution in [1.29, 1.82) is 0 Å². The number of nitrogens with two attached hydrogens (primary N) is 1. The second-order valence-corrected chi connectivity index (χ2v) is 2.51. The highest BCUT2D eigenvalue weighted by Gasteiger charge is 2.16. The summed E-state index contributed by atoms with van der Waals surface area (Å²) in [6, 6.07) is -0.326. The minimum absolute atomic E-state index is 0.194. The van der Waals surface area contributed by atoms with E-state index in [2.05, 4.69) is 17.5 Å². The summed E-state index contributed by atoms with van der Waals surface area (Å²) in [7, 11) is 0. The van der Waals surface area contributed by atoms with Gasteiger partial charge in [0, 0.05) is 0 Å². The summed E-state index contributed by atoms with van der Waals surface area (Å²) < 4.78 is 2.52. The second kappa shape index (κ2) is 3.74. The summed E-state index contributed by atoms with van der Waals surface area (Å²) in [5.74, 6) is -0.167. The Labute approximate surface area is 60.5 Å². The molecule has 0 aromatic rings. The summed E-state index contributed by atoms with van der Waals surface area (Å²) in [6.45, 7) is 3.80. The number of amides is 1. The van der Waals surface area contributed by atoms with Crippen LogP contribution < -0.4 is 10.5 Å². The zero-order chi connectivity index (χ0) is 7.44. The third kappa shape index (κ3) is 2.72. The molecule has 3 N–H and O–H groups in total. The van der Waals surface area contributed by atoms with Crippen LogP contribution in [0.5, 0.6) is 0 Å². The van der Waals surface area contributed by atoms with E-state index >= 15 is 0 Å². The van der Waals surface area contributed by atoms with Crippen LogP contribution in [0.4, 0.5) is 0 Å². The first-order valence-electron chi connectivity index (χ1n) is 2.78. The maximum atomic E-state index is 10.5. The fraction of sp³-hybridized carbons (Fsp3) is 0.800. The highest BCUT2D eigenvalue weighted by atomic mass is 32.1. The fourth-order valence-electron chi connectivity index (χ4n) is 0.541. The van der Waals surface area contributed by atoms with Crippen molar-refractivity contribution in [3.8, 4) is 0 Å². The number of carbonyl (C=O) groups is 1. The van der Waals surface area contributed by atoms with Crippen molar-refractivity contribution in [3.63, 3.8) is 0 Å². The SMILES string of the molecule is CC(C)C(NS)C(N)=O. The average molecular weight is 148 g/mol. The third-order valence-corrected chi connectivity index (χ3v) is 1.39. The van der Waals surface area contributed by atoms with Crippen molar-refractivity contribution < 1.29 is 4.79 Å². The Balaban J connectivity index is 3.83. The van der Waals surface area contributed by atoms with E-state index in [4.69, 9.17) is 5.73 Å². The van der Waals surface area contributed by atoms with Gasteiger partial charge in [-0.2, -0.15) is 0 Å². The van der Waals surface area contributed by atoms with Crippen molar-refractivity contribution in [3.05, 3.63) is 0 Å². The standard InChI is InChI=1S/C5H12N2OS/c1-3(2)4(7-9)5(6)8/h3-4,7,9H,1-2H3,(H2,6,8). The summed E-state index contributed by atoms with van der Waals surface area (Å²) >= 11 is 3.74. The predicted octanol–water partition coefficient (Wildman–Crippen LogP) is -0.0693. The van der Waals surface area contributed by atoms with Crippen LogP contribution in [0.3, 0.4) is 0 Å². The summed E-state index contributed by atoms with van der Waals surface area (Å²) in [6.07, 6.45) is 0. The van der Waals surface area contributed by atoms with Gasteiger partial charge in [0.15, 0.2) is 0 Å². The highest BCUT2D eigenvalue weighted by Crippen LogP contribution is 2.00. The monoisotopic (exact) mass is 148 g/mol. The number of hydrogen-bond acceptors (Lipinski definition) is 3. The average Bonchev–Trinajstić information content (AvgIpc) is 1.64. The highest BCUT2D eigenvalue weighted by molar-refractivity contribution is 7.78. The molecular formula is C5H12N2OS. The molecule has 0 radical (unpaired) electrons. The van der Waals surface area contributed by atoms with Gasteiger partial charge in [-0.1, -0.05) is 26.7 Å². The van der Waals surface area contributed by atoms with Gasteiger partial charge in [-0.3, -0.25) is 9.52 Å². The van der Waals surface area contributed by atoms with Crippen LogP contribution in [-0.4, -0.2) is 11.9 Å². The lowest BCUT2D eigenvalue weighted by Crippen LogP contribution is -2.40. The Kier molecular flexibility index (Phi) is 3.65. The molecule has 9 heavy (non-hydrogen) atoms. The van der Waals surface area contributed by atoms with E-state index in [1.165, 1.54) is 0 Å². The molecular weight excluding hydrogens is 136 g/mol. The molecule has 0 aliphatic heterocycles. The summed E-state index contributed by atoms with van der Waals surface area (Å²) in [5, 5.41) is 0. The lowest BCUT2D eigenvalue weighted by atomic mass is 10.1. The van der Waals surface area contributed by atoms with Gasteiger partial charge in [0.2, 0.25) is 5.91 Å². The molecule has 1 atom stereocenters. The zero-order valence-electron chi connectivity index (χ0n) is 5.59. The van der Waals surface area contributed by atoms with E-state index in [1.807, 2.05) is 13.8 Å². The number of thiol groups is 1. The molecule has 0 fully saturated rings. The Bertz CT molecular complexity index is 105. The number of carbonyl (C=O) groups excluding carboxylic acids is 1. The smallest absolute Gasteiger partial charge is 0.235 e. The summed E-state index contributed by atoms with van der Waals surface area (Å²) in [5.41, 5.74) is 5.00. The normalized spacial score (nSPS) is 13.8. The number of primary amides is 1. The van der Waals surface area contributed by atoms with Crippen molar-refractivity contribution in [1.82, 2.24) is 4.72 Å². The van der Waals surface area contributed by atoms with Gasteiger partial charge in [0.05, 0.1) is 6.04 Å². The molecule has 0 bridgehead atoms. The number of nitrogens with one attached hydrogen (secondary N) is 1. The van der Waals surface area contributed by atoms with Gasteiger partial charge in [-0.05, 0) is 5.92 Å². The molecule has 0 aliphatic rings. The van der Waals surface area contributed by atoms with Crippen molar-refractivity contribution >= 4 is 18.7 Å². The van der Waals surface area contributed by atoms with E-state index in [-0.39, 0.29) is 17.9 Å². The molecule has 0 aliphatic carbocycles. The van der Waals surface area contributed by atoms with E-state index in [9.17, 15) is 4.79 Å². The largest absolute Gasteiger partial charge is 0.368 e. The van der Waals surface area contributed by atoms with Gasteiger partial charge in [0.25, 0.3) is 0 Å². The second-order valence-electron chi connectivity index (χ2n) is 2.25. The molecule has 0 spiro atoms. The van der Waals surface area contributed by atoms with Crippen LogP contribution in [0, 0.1) is 5.92 Å². The maximum absolute atomic E-state index is 10.5. The van der Waals surface area contributed by atoms with E-state index < -0.39 is 0 Å².